The second-order valence-corrected chi connectivity index (χ2v) is 12.5. The Hall–Kier alpha value is -1.91. The minimum absolute atomic E-state index is 0.136. The van der Waals surface area contributed by atoms with Crippen molar-refractivity contribution in [3.63, 3.8) is 0 Å². The maximum Gasteiger partial charge on any atom is 0.243 e. The maximum absolute atomic E-state index is 13.0. The Morgan fingerprint density at radius 2 is 1.88 bits per heavy atom. The first-order valence-electron chi connectivity index (χ1n) is 10.6. The molecule has 6 nitrogen and oxygen atoms in total. The summed E-state index contributed by atoms with van der Waals surface area (Å²) >= 11 is 9.10. The van der Waals surface area contributed by atoms with Crippen LogP contribution in [-0.2, 0) is 14.8 Å². The molecule has 1 saturated heterocycles. The van der Waals surface area contributed by atoms with E-state index in [0.29, 0.717) is 18.1 Å². The van der Waals surface area contributed by atoms with Gasteiger partial charge in [-0.05, 0) is 38.0 Å². The van der Waals surface area contributed by atoms with Crippen LogP contribution in [0.1, 0.15) is 26.2 Å². The van der Waals surface area contributed by atoms with Gasteiger partial charge in [-0.2, -0.15) is 4.31 Å². The van der Waals surface area contributed by atoms with Crippen LogP contribution in [0.25, 0.3) is 11.3 Å². The summed E-state index contributed by atoms with van der Waals surface area (Å²) in [5, 5.41) is 4.60. The summed E-state index contributed by atoms with van der Waals surface area (Å²) in [6, 6.07) is 14.3. The molecule has 4 rings (SSSR count). The molecule has 0 radical (unpaired) electrons. The number of amides is 1. The van der Waals surface area contributed by atoms with Gasteiger partial charge < -0.3 is 5.32 Å². The first-order valence-corrected chi connectivity index (χ1v) is 14.2. The van der Waals surface area contributed by atoms with E-state index in [4.69, 9.17) is 11.6 Å². The Morgan fingerprint density at radius 1 is 1.15 bits per heavy atom. The first kappa shape index (κ1) is 24.2. The zero-order valence-electron chi connectivity index (χ0n) is 18.0. The molecule has 2 aromatic carbocycles. The van der Waals surface area contributed by atoms with Crippen molar-refractivity contribution in [2.45, 2.75) is 40.7 Å². The highest BCUT2D eigenvalue weighted by atomic mass is 35.5. The first-order chi connectivity index (χ1) is 15.8. The lowest BCUT2D eigenvalue weighted by atomic mass is 10.2. The van der Waals surface area contributed by atoms with Crippen LogP contribution in [0.3, 0.4) is 0 Å². The lowest BCUT2D eigenvalue weighted by Crippen LogP contribution is -2.35. The molecule has 1 fully saturated rings. The van der Waals surface area contributed by atoms with Crippen molar-refractivity contribution < 1.29 is 13.2 Å². The number of anilines is 1. The molecule has 10 heteroatoms. The van der Waals surface area contributed by atoms with Crippen molar-refractivity contribution in [2.75, 3.05) is 18.4 Å². The fraction of sp³-hybridized carbons (Fsp3) is 0.304. The molecule has 1 N–H and O–H groups in total. The topological polar surface area (TPSA) is 79.4 Å². The average molecular weight is 522 g/mol. The zero-order valence-corrected chi connectivity index (χ0v) is 21.2. The van der Waals surface area contributed by atoms with Gasteiger partial charge in [0.05, 0.1) is 26.5 Å². The second kappa shape index (κ2) is 10.6. The van der Waals surface area contributed by atoms with E-state index >= 15 is 0 Å². The van der Waals surface area contributed by atoms with E-state index in [1.165, 1.54) is 45.6 Å². The highest BCUT2D eigenvalue weighted by Crippen LogP contribution is 2.32. The van der Waals surface area contributed by atoms with Gasteiger partial charge >= 0.3 is 0 Å². The molecule has 0 aliphatic carbocycles. The van der Waals surface area contributed by atoms with Crippen molar-refractivity contribution in [2.24, 2.45) is 0 Å². The molecule has 1 amide bonds. The summed E-state index contributed by atoms with van der Waals surface area (Å²) in [6.45, 7) is 2.81. The molecule has 1 aromatic heterocycles. The summed E-state index contributed by atoms with van der Waals surface area (Å²) in [5.74, 6) is -0.272. The standard InChI is InChI=1S/C23H24ClN3O3S3/c1-16(32-23-26-21(15-31-23)17-8-4-2-5-9-17)22(28)25-20-14-18(10-11-19(20)24)33(29,30)27-12-6-3-7-13-27/h2,4-5,8-11,14-16H,3,6-7,12-13H2,1H3,(H,25,28). The number of thiazole rings is 1. The van der Waals surface area contributed by atoms with Crippen molar-refractivity contribution in [3.05, 3.63) is 58.9 Å². The molecule has 33 heavy (non-hydrogen) atoms. The number of carbonyl (C=O) groups excluding carboxylic acids is 1. The summed E-state index contributed by atoms with van der Waals surface area (Å²) in [5.41, 5.74) is 2.18. The number of rotatable bonds is 7. The van der Waals surface area contributed by atoms with Crippen molar-refractivity contribution in [1.82, 2.24) is 9.29 Å². The maximum atomic E-state index is 13.0. The van der Waals surface area contributed by atoms with Crippen LogP contribution in [0.2, 0.25) is 5.02 Å². The fourth-order valence-corrected chi connectivity index (χ4v) is 7.19. The summed E-state index contributed by atoms with van der Waals surface area (Å²) in [6.07, 6.45) is 2.75. The monoisotopic (exact) mass is 521 g/mol. The number of sulfonamides is 1. The number of carbonyl (C=O) groups is 1. The normalized spacial score (nSPS) is 15.8. The van der Waals surface area contributed by atoms with Gasteiger partial charge in [0.25, 0.3) is 0 Å². The number of nitrogens with one attached hydrogen (secondary N) is 1. The minimum Gasteiger partial charge on any atom is -0.324 e. The minimum atomic E-state index is -3.62. The number of thioether (sulfide) groups is 1. The molecule has 0 spiro atoms. The number of benzene rings is 2. The Balaban J connectivity index is 1.44. The highest BCUT2D eigenvalue weighted by Gasteiger charge is 2.27. The van der Waals surface area contributed by atoms with Gasteiger partial charge in [-0.25, -0.2) is 13.4 Å². The van der Waals surface area contributed by atoms with E-state index < -0.39 is 15.3 Å². The third kappa shape index (κ3) is 5.78. The number of aromatic nitrogens is 1. The van der Waals surface area contributed by atoms with E-state index in [1.54, 1.807) is 6.92 Å². The van der Waals surface area contributed by atoms with E-state index in [9.17, 15) is 13.2 Å². The molecule has 174 valence electrons. The number of piperidine rings is 1. The van der Waals surface area contributed by atoms with Crippen molar-refractivity contribution in [3.8, 4) is 11.3 Å². The largest absolute Gasteiger partial charge is 0.324 e. The van der Waals surface area contributed by atoms with E-state index in [1.807, 2.05) is 35.7 Å². The molecular formula is C23H24ClN3O3S3. The van der Waals surface area contributed by atoms with E-state index in [-0.39, 0.29) is 16.5 Å². The Bertz CT molecular complexity index is 1230. The van der Waals surface area contributed by atoms with Crippen LogP contribution in [0.15, 0.2) is 63.1 Å². The van der Waals surface area contributed by atoms with Crippen LogP contribution in [0.5, 0.6) is 0 Å². The van der Waals surface area contributed by atoms with Gasteiger partial charge in [0, 0.05) is 24.0 Å². The second-order valence-electron chi connectivity index (χ2n) is 7.72. The number of nitrogens with zero attached hydrogens (tertiary/aromatic N) is 2. The Kier molecular flexibility index (Phi) is 7.76. The molecule has 0 saturated carbocycles. The third-order valence-electron chi connectivity index (χ3n) is 5.35. The van der Waals surface area contributed by atoms with Crippen molar-refractivity contribution >= 4 is 56.3 Å². The van der Waals surface area contributed by atoms with Crippen LogP contribution >= 0.6 is 34.7 Å². The summed E-state index contributed by atoms with van der Waals surface area (Å²) in [4.78, 5) is 17.6. The van der Waals surface area contributed by atoms with Gasteiger partial charge in [-0.1, -0.05) is 60.1 Å². The van der Waals surface area contributed by atoms with Gasteiger partial charge in [0.2, 0.25) is 15.9 Å². The van der Waals surface area contributed by atoms with Gasteiger partial charge in [0.1, 0.15) is 0 Å². The van der Waals surface area contributed by atoms with Gasteiger partial charge in [-0.15, -0.1) is 11.3 Å². The summed E-state index contributed by atoms with van der Waals surface area (Å²) < 4.78 is 28.3. The average Bonchev–Trinajstić information content (AvgIpc) is 3.30. The lowest BCUT2D eigenvalue weighted by molar-refractivity contribution is -0.115. The molecular weight excluding hydrogens is 498 g/mol. The van der Waals surface area contributed by atoms with Crippen LogP contribution in [0, 0.1) is 0 Å². The van der Waals surface area contributed by atoms with E-state index in [2.05, 4.69) is 10.3 Å². The van der Waals surface area contributed by atoms with Gasteiger partial charge in [-0.3, -0.25) is 4.79 Å². The Morgan fingerprint density at radius 3 is 2.61 bits per heavy atom. The molecule has 3 aromatic rings. The quantitative estimate of drug-likeness (QED) is 0.400. The van der Waals surface area contributed by atoms with Crippen LogP contribution in [0.4, 0.5) is 5.69 Å². The lowest BCUT2D eigenvalue weighted by Gasteiger charge is -2.26. The molecule has 0 bridgehead atoms. The smallest absolute Gasteiger partial charge is 0.243 e. The highest BCUT2D eigenvalue weighted by molar-refractivity contribution is 8.02. The number of hydrogen-bond donors (Lipinski definition) is 1. The third-order valence-corrected chi connectivity index (χ3v) is 9.64. The van der Waals surface area contributed by atoms with E-state index in [0.717, 1.165) is 34.9 Å². The van der Waals surface area contributed by atoms with Crippen LogP contribution in [-0.4, -0.2) is 42.0 Å². The molecule has 1 atom stereocenters. The van der Waals surface area contributed by atoms with Gasteiger partial charge in [0.15, 0.2) is 4.34 Å². The number of halogens is 1. The number of hydrogen-bond acceptors (Lipinski definition) is 6. The Labute approximate surface area is 207 Å². The fourth-order valence-electron chi connectivity index (χ4n) is 3.51. The molecule has 1 aliphatic heterocycles. The predicted molar refractivity (Wildman–Crippen MR) is 136 cm³/mol. The molecule has 2 heterocycles. The SMILES string of the molecule is CC(Sc1nc(-c2ccccc2)cs1)C(=O)Nc1cc(S(=O)(=O)N2CCCCC2)ccc1Cl. The molecule has 1 aliphatic rings. The van der Waals surface area contributed by atoms with Crippen LogP contribution < -0.4 is 5.32 Å². The zero-order chi connectivity index (χ0) is 23.4. The molecule has 1 unspecified atom stereocenters. The predicted octanol–water partition coefficient (Wildman–Crippen LogP) is 5.76. The van der Waals surface area contributed by atoms with Crippen molar-refractivity contribution in [1.29, 1.82) is 0 Å². The summed E-state index contributed by atoms with van der Waals surface area (Å²) in [7, 11) is -3.62.